The molecule has 0 radical (unpaired) electrons. The van der Waals surface area contributed by atoms with Crippen LogP contribution in [0.2, 0.25) is 0 Å². The Labute approximate surface area is 85.5 Å². The van der Waals surface area contributed by atoms with Crippen molar-refractivity contribution in [2.75, 3.05) is 14.2 Å². The molecule has 0 aromatic carbocycles. The monoisotopic (exact) mass is 243 g/mol. The van der Waals surface area contributed by atoms with Gasteiger partial charge in [-0.1, -0.05) is 0 Å². The lowest BCUT2D eigenvalue weighted by molar-refractivity contribution is 0.341. The number of pyridine rings is 1. The van der Waals surface area contributed by atoms with Gasteiger partial charge >= 0.3 is 0 Å². The molecule has 4 heteroatoms. The number of methoxy groups -OCH3 is 2. The van der Waals surface area contributed by atoms with Crippen LogP contribution in [0.25, 0.3) is 6.08 Å². The average molecular weight is 244 g/mol. The average Bonchev–Trinajstić information content (AvgIpc) is 2.15. The van der Waals surface area contributed by atoms with Crippen LogP contribution in [0.5, 0.6) is 5.88 Å². The Kier molecular flexibility index (Phi) is 3.76. The number of ether oxygens (including phenoxy) is 2. The fourth-order valence-electron chi connectivity index (χ4n) is 0.874. The van der Waals surface area contributed by atoms with Crippen LogP contribution >= 0.6 is 15.9 Å². The highest BCUT2D eigenvalue weighted by Crippen LogP contribution is 2.20. The molecule has 0 bridgehead atoms. The third kappa shape index (κ3) is 2.73. The Morgan fingerprint density at radius 2 is 2.23 bits per heavy atom. The molecule has 1 rings (SSSR count). The van der Waals surface area contributed by atoms with Gasteiger partial charge in [-0.25, -0.2) is 4.98 Å². The minimum atomic E-state index is 0.580. The van der Waals surface area contributed by atoms with Crippen molar-refractivity contribution in [2.24, 2.45) is 0 Å². The third-order valence-electron chi connectivity index (χ3n) is 1.42. The summed E-state index contributed by atoms with van der Waals surface area (Å²) in [6, 6.07) is 1.90. The zero-order chi connectivity index (χ0) is 9.68. The van der Waals surface area contributed by atoms with Crippen molar-refractivity contribution in [3.8, 4) is 5.88 Å². The Bertz CT molecular complexity index is 312. The third-order valence-corrected chi connectivity index (χ3v) is 1.86. The minimum absolute atomic E-state index is 0.580. The highest BCUT2D eigenvalue weighted by Gasteiger charge is 2.01. The summed E-state index contributed by atoms with van der Waals surface area (Å²) in [6.45, 7) is 0. The van der Waals surface area contributed by atoms with Crippen molar-refractivity contribution in [1.82, 2.24) is 4.98 Å². The quantitative estimate of drug-likeness (QED) is 0.765. The maximum Gasteiger partial charge on any atom is 0.220 e. The van der Waals surface area contributed by atoms with Gasteiger partial charge in [0.2, 0.25) is 5.88 Å². The highest BCUT2D eigenvalue weighted by atomic mass is 79.9. The number of rotatable bonds is 3. The topological polar surface area (TPSA) is 31.4 Å². The lowest BCUT2D eigenvalue weighted by Crippen LogP contribution is -1.90. The van der Waals surface area contributed by atoms with E-state index >= 15 is 0 Å². The summed E-state index contributed by atoms with van der Waals surface area (Å²) >= 11 is 3.32. The van der Waals surface area contributed by atoms with Crippen LogP contribution in [-0.4, -0.2) is 19.2 Å². The fraction of sp³-hybridized carbons (Fsp3) is 0.222. The van der Waals surface area contributed by atoms with Crippen molar-refractivity contribution in [2.45, 2.75) is 0 Å². The van der Waals surface area contributed by atoms with Gasteiger partial charge < -0.3 is 9.47 Å². The van der Waals surface area contributed by atoms with E-state index in [1.807, 2.05) is 6.07 Å². The van der Waals surface area contributed by atoms with E-state index in [0.717, 1.165) is 10.0 Å². The van der Waals surface area contributed by atoms with Crippen LogP contribution < -0.4 is 4.74 Å². The van der Waals surface area contributed by atoms with Gasteiger partial charge in [-0.3, -0.25) is 0 Å². The van der Waals surface area contributed by atoms with E-state index in [0.29, 0.717) is 5.88 Å². The number of hydrogen-bond acceptors (Lipinski definition) is 3. The van der Waals surface area contributed by atoms with Crippen LogP contribution in [0.4, 0.5) is 0 Å². The molecule has 0 saturated carbocycles. The number of nitrogens with zero attached hydrogens (tertiary/aromatic N) is 1. The molecule has 1 aromatic heterocycles. The van der Waals surface area contributed by atoms with Gasteiger partial charge in [-0.15, -0.1) is 0 Å². The van der Waals surface area contributed by atoms with Gasteiger partial charge in [-0.05, 0) is 28.1 Å². The summed E-state index contributed by atoms with van der Waals surface area (Å²) in [5.74, 6) is 0.580. The molecule has 0 N–H and O–H groups in total. The first-order chi connectivity index (χ1) is 6.27. The molecule has 0 amide bonds. The van der Waals surface area contributed by atoms with Crippen LogP contribution in [0.1, 0.15) is 5.56 Å². The van der Waals surface area contributed by atoms with Gasteiger partial charge in [0.1, 0.15) is 0 Å². The molecule has 0 spiro atoms. The fourth-order valence-corrected chi connectivity index (χ4v) is 1.22. The zero-order valence-corrected chi connectivity index (χ0v) is 9.04. The van der Waals surface area contributed by atoms with Crippen molar-refractivity contribution in [3.63, 3.8) is 0 Å². The summed E-state index contributed by atoms with van der Waals surface area (Å²) in [6.07, 6.45) is 5.05. The van der Waals surface area contributed by atoms with Crippen LogP contribution in [0.3, 0.4) is 0 Å². The molecule has 1 aromatic rings. The largest absolute Gasteiger partial charge is 0.504 e. The Balaban J connectivity index is 3.01. The molecule has 0 aliphatic carbocycles. The molecule has 3 nitrogen and oxygen atoms in total. The smallest absolute Gasteiger partial charge is 0.220 e. The molecule has 0 aliphatic rings. The summed E-state index contributed by atoms with van der Waals surface area (Å²) in [5.41, 5.74) is 0.874. The van der Waals surface area contributed by atoms with E-state index in [9.17, 15) is 0 Å². The van der Waals surface area contributed by atoms with Crippen LogP contribution in [-0.2, 0) is 4.74 Å². The number of halogens is 1. The molecule has 1 heterocycles. The van der Waals surface area contributed by atoms with Gasteiger partial charge in [0.25, 0.3) is 0 Å². The van der Waals surface area contributed by atoms with Gasteiger partial charge in [0.15, 0.2) is 0 Å². The molecule has 0 unspecified atom stereocenters. The highest BCUT2D eigenvalue weighted by molar-refractivity contribution is 9.10. The van der Waals surface area contributed by atoms with E-state index in [4.69, 9.17) is 9.47 Å². The summed E-state index contributed by atoms with van der Waals surface area (Å²) in [4.78, 5) is 4.07. The normalized spacial score (nSPS) is 10.4. The summed E-state index contributed by atoms with van der Waals surface area (Å²) in [7, 11) is 3.18. The lowest BCUT2D eigenvalue weighted by atomic mass is 10.3. The predicted molar refractivity (Wildman–Crippen MR) is 54.5 cm³/mol. The molecule has 70 valence electrons. The van der Waals surface area contributed by atoms with Crippen molar-refractivity contribution in [3.05, 3.63) is 28.6 Å². The van der Waals surface area contributed by atoms with Gasteiger partial charge in [-0.2, -0.15) is 0 Å². The van der Waals surface area contributed by atoms with Crippen molar-refractivity contribution < 1.29 is 9.47 Å². The van der Waals surface area contributed by atoms with Gasteiger partial charge in [0.05, 0.1) is 20.5 Å². The number of aromatic nitrogens is 1. The molecular weight excluding hydrogens is 234 g/mol. The summed E-state index contributed by atoms with van der Waals surface area (Å²) < 4.78 is 10.8. The second-order valence-corrected chi connectivity index (χ2v) is 3.21. The van der Waals surface area contributed by atoms with E-state index < -0.39 is 0 Å². The Morgan fingerprint density at radius 3 is 2.85 bits per heavy atom. The molecule has 0 atom stereocenters. The maximum atomic E-state index is 5.06. The van der Waals surface area contributed by atoms with Crippen LogP contribution in [0.15, 0.2) is 23.0 Å². The number of hydrogen-bond donors (Lipinski definition) is 0. The van der Waals surface area contributed by atoms with E-state index in [-0.39, 0.29) is 0 Å². The molecule has 13 heavy (non-hydrogen) atoms. The minimum Gasteiger partial charge on any atom is -0.504 e. The SMILES string of the molecule is CO/C=C/c1cc(Br)cnc1OC. The Morgan fingerprint density at radius 1 is 1.46 bits per heavy atom. The first kappa shape index (κ1) is 10.1. The molecule has 0 fully saturated rings. The van der Waals surface area contributed by atoms with Crippen LogP contribution in [0, 0.1) is 0 Å². The zero-order valence-electron chi connectivity index (χ0n) is 7.45. The second-order valence-electron chi connectivity index (χ2n) is 2.29. The van der Waals surface area contributed by atoms with E-state index in [1.54, 1.807) is 32.8 Å². The first-order valence-corrected chi connectivity index (χ1v) is 4.46. The van der Waals surface area contributed by atoms with E-state index in [2.05, 4.69) is 20.9 Å². The first-order valence-electron chi connectivity index (χ1n) is 3.67. The maximum absolute atomic E-state index is 5.06. The standard InChI is InChI=1S/C9H10BrNO2/c1-12-4-3-7-5-8(10)6-11-9(7)13-2/h3-6H,1-2H3/b4-3+. The predicted octanol–water partition coefficient (Wildman–Crippen LogP) is 2.47. The van der Waals surface area contributed by atoms with Gasteiger partial charge in [0, 0.05) is 16.2 Å². The van der Waals surface area contributed by atoms with E-state index in [1.165, 1.54) is 0 Å². The summed E-state index contributed by atoms with van der Waals surface area (Å²) in [5, 5.41) is 0. The molecule has 0 aliphatic heterocycles. The van der Waals surface area contributed by atoms with Crippen molar-refractivity contribution >= 4 is 22.0 Å². The Hall–Kier alpha value is -1.03. The molecular formula is C9H10BrNO2. The second kappa shape index (κ2) is 4.87. The van der Waals surface area contributed by atoms with Crippen molar-refractivity contribution in [1.29, 1.82) is 0 Å². The lowest BCUT2D eigenvalue weighted by Gasteiger charge is -2.02. The molecule has 0 saturated heterocycles.